The van der Waals surface area contributed by atoms with Crippen LogP contribution in [0.15, 0.2) is 34.2 Å². The van der Waals surface area contributed by atoms with Crippen molar-refractivity contribution in [1.82, 2.24) is 9.97 Å². The molecule has 1 aromatic heterocycles. The quantitative estimate of drug-likeness (QED) is 0.831. The van der Waals surface area contributed by atoms with Crippen molar-refractivity contribution in [2.75, 3.05) is 18.1 Å². The third-order valence-electron chi connectivity index (χ3n) is 2.53. The van der Waals surface area contributed by atoms with Crippen LogP contribution >= 0.6 is 11.8 Å². The number of anilines is 2. The summed E-state index contributed by atoms with van der Waals surface area (Å²) in [5.41, 5.74) is 8.15. The lowest BCUT2D eigenvalue weighted by Gasteiger charge is -2.08. The highest BCUT2D eigenvalue weighted by molar-refractivity contribution is 7.99. The topological polar surface area (TPSA) is 63.8 Å². The van der Waals surface area contributed by atoms with Crippen LogP contribution in [-0.2, 0) is 0 Å². The molecule has 2 aromatic rings. The van der Waals surface area contributed by atoms with Gasteiger partial charge in [-0.25, -0.2) is 4.98 Å². The van der Waals surface area contributed by atoms with Gasteiger partial charge in [0.1, 0.15) is 10.8 Å². The second kappa shape index (κ2) is 5.27. The summed E-state index contributed by atoms with van der Waals surface area (Å²) in [5.74, 6) is 1.02. The molecule has 3 N–H and O–H groups in total. The van der Waals surface area contributed by atoms with E-state index in [4.69, 9.17) is 5.73 Å². The lowest BCUT2D eigenvalue weighted by molar-refractivity contribution is 1.06. The second-order valence-corrected chi connectivity index (χ2v) is 5.13. The maximum Gasteiger partial charge on any atom is 0.223 e. The predicted molar refractivity (Wildman–Crippen MR) is 76.0 cm³/mol. The van der Waals surface area contributed by atoms with E-state index in [9.17, 15) is 0 Å². The van der Waals surface area contributed by atoms with Crippen LogP contribution < -0.4 is 11.1 Å². The standard InChI is InChI=1S/C13H16N4S/c1-8-4-5-9(2)10(6-8)18-12-7-11(15-3)16-13(14)17-12/h4-7H,1-3H3,(H3,14,15,16,17). The molecule has 0 aliphatic heterocycles. The molecule has 0 saturated heterocycles. The summed E-state index contributed by atoms with van der Waals surface area (Å²) in [6.07, 6.45) is 0. The van der Waals surface area contributed by atoms with E-state index in [0.717, 1.165) is 10.8 Å². The number of nitrogens with two attached hydrogens (primary N) is 1. The molecule has 0 radical (unpaired) electrons. The van der Waals surface area contributed by atoms with E-state index in [-0.39, 0.29) is 5.95 Å². The first-order valence-electron chi connectivity index (χ1n) is 5.66. The molecule has 0 fully saturated rings. The molecule has 0 saturated carbocycles. The van der Waals surface area contributed by atoms with Crippen molar-refractivity contribution in [3.05, 3.63) is 35.4 Å². The van der Waals surface area contributed by atoms with Crippen molar-refractivity contribution in [3.63, 3.8) is 0 Å². The molecule has 0 atom stereocenters. The number of nitrogen functional groups attached to an aromatic ring is 1. The predicted octanol–water partition coefficient (Wildman–Crippen LogP) is 2.87. The molecule has 4 nitrogen and oxygen atoms in total. The molecule has 1 heterocycles. The number of hydrogen-bond acceptors (Lipinski definition) is 5. The smallest absolute Gasteiger partial charge is 0.223 e. The average molecular weight is 260 g/mol. The molecule has 0 unspecified atom stereocenters. The monoisotopic (exact) mass is 260 g/mol. The zero-order valence-electron chi connectivity index (χ0n) is 10.7. The molecule has 94 valence electrons. The molecule has 0 aliphatic rings. The number of hydrogen-bond donors (Lipinski definition) is 2. The summed E-state index contributed by atoms with van der Waals surface area (Å²) in [6.45, 7) is 4.17. The van der Waals surface area contributed by atoms with Gasteiger partial charge in [0.2, 0.25) is 5.95 Å². The lowest BCUT2D eigenvalue weighted by atomic mass is 10.2. The van der Waals surface area contributed by atoms with E-state index in [0.29, 0.717) is 0 Å². The van der Waals surface area contributed by atoms with Gasteiger partial charge in [-0.1, -0.05) is 23.9 Å². The Hall–Kier alpha value is -1.75. The Bertz CT molecular complexity index is 569. The van der Waals surface area contributed by atoms with E-state index in [1.807, 2.05) is 13.1 Å². The van der Waals surface area contributed by atoms with Crippen molar-refractivity contribution in [2.24, 2.45) is 0 Å². The van der Waals surface area contributed by atoms with Gasteiger partial charge in [-0.15, -0.1) is 0 Å². The molecule has 0 bridgehead atoms. The van der Waals surface area contributed by atoms with Crippen LogP contribution in [-0.4, -0.2) is 17.0 Å². The van der Waals surface area contributed by atoms with Crippen LogP contribution in [0.1, 0.15) is 11.1 Å². The number of nitrogens with zero attached hydrogens (tertiary/aromatic N) is 2. The zero-order chi connectivity index (χ0) is 13.1. The Labute approximate surface area is 111 Å². The summed E-state index contributed by atoms with van der Waals surface area (Å²) in [7, 11) is 1.81. The number of rotatable bonds is 3. The minimum absolute atomic E-state index is 0.287. The molecule has 5 heteroatoms. The van der Waals surface area contributed by atoms with Crippen molar-refractivity contribution in [3.8, 4) is 0 Å². The van der Waals surface area contributed by atoms with E-state index in [2.05, 4.69) is 47.3 Å². The molecule has 0 amide bonds. The normalized spacial score (nSPS) is 10.4. The Morgan fingerprint density at radius 3 is 2.67 bits per heavy atom. The van der Waals surface area contributed by atoms with E-state index in [1.165, 1.54) is 16.0 Å². The van der Waals surface area contributed by atoms with Crippen molar-refractivity contribution < 1.29 is 0 Å². The van der Waals surface area contributed by atoms with Gasteiger partial charge in [-0.05, 0) is 31.0 Å². The first kappa shape index (κ1) is 12.7. The summed E-state index contributed by atoms with van der Waals surface area (Å²) in [6, 6.07) is 8.26. The first-order valence-corrected chi connectivity index (χ1v) is 6.47. The number of benzene rings is 1. The number of aryl methyl sites for hydroxylation is 2. The van der Waals surface area contributed by atoms with Gasteiger partial charge in [0.15, 0.2) is 0 Å². The van der Waals surface area contributed by atoms with Gasteiger partial charge in [-0.2, -0.15) is 4.98 Å². The van der Waals surface area contributed by atoms with Crippen LogP contribution in [0, 0.1) is 13.8 Å². The van der Waals surface area contributed by atoms with Gasteiger partial charge in [0.25, 0.3) is 0 Å². The highest BCUT2D eigenvalue weighted by Crippen LogP contribution is 2.30. The SMILES string of the molecule is CNc1cc(Sc2cc(C)ccc2C)nc(N)n1. The fourth-order valence-corrected chi connectivity index (χ4v) is 2.56. The fourth-order valence-electron chi connectivity index (χ4n) is 1.55. The van der Waals surface area contributed by atoms with Crippen LogP contribution in [0.25, 0.3) is 0 Å². The molecular weight excluding hydrogens is 244 g/mol. The summed E-state index contributed by atoms with van der Waals surface area (Å²) in [4.78, 5) is 9.50. The van der Waals surface area contributed by atoms with Crippen LogP contribution in [0.2, 0.25) is 0 Å². The highest BCUT2D eigenvalue weighted by Gasteiger charge is 2.06. The van der Waals surface area contributed by atoms with E-state index in [1.54, 1.807) is 11.8 Å². The first-order chi connectivity index (χ1) is 8.58. The second-order valence-electron chi connectivity index (χ2n) is 4.07. The molecule has 18 heavy (non-hydrogen) atoms. The van der Waals surface area contributed by atoms with Gasteiger partial charge in [0.05, 0.1) is 0 Å². The van der Waals surface area contributed by atoms with Crippen molar-refractivity contribution >= 4 is 23.5 Å². The molecule has 0 spiro atoms. The summed E-state index contributed by atoms with van der Waals surface area (Å²) < 4.78 is 0. The molecule has 2 rings (SSSR count). The average Bonchev–Trinajstić information content (AvgIpc) is 2.33. The molecule has 0 aliphatic carbocycles. The van der Waals surface area contributed by atoms with Crippen LogP contribution in [0.5, 0.6) is 0 Å². The van der Waals surface area contributed by atoms with Crippen molar-refractivity contribution in [2.45, 2.75) is 23.8 Å². The third-order valence-corrected chi connectivity index (χ3v) is 3.61. The maximum atomic E-state index is 5.68. The van der Waals surface area contributed by atoms with Crippen LogP contribution in [0.3, 0.4) is 0 Å². The molecular formula is C13H16N4S. The molecule has 1 aromatic carbocycles. The summed E-state index contributed by atoms with van der Waals surface area (Å²) in [5, 5.41) is 3.82. The van der Waals surface area contributed by atoms with Crippen LogP contribution in [0.4, 0.5) is 11.8 Å². The number of aromatic nitrogens is 2. The van der Waals surface area contributed by atoms with E-state index < -0.39 is 0 Å². The highest BCUT2D eigenvalue weighted by atomic mass is 32.2. The lowest BCUT2D eigenvalue weighted by Crippen LogP contribution is -2.00. The van der Waals surface area contributed by atoms with Gasteiger partial charge in [0, 0.05) is 18.0 Å². The minimum atomic E-state index is 0.287. The Morgan fingerprint density at radius 1 is 1.17 bits per heavy atom. The number of nitrogens with one attached hydrogen (secondary N) is 1. The van der Waals surface area contributed by atoms with Gasteiger partial charge in [-0.3, -0.25) is 0 Å². The Balaban J connectivity index is 2.33. The minimum Gasteiger partial charge on any atom is -0.373 e. The maximum absolute atomic E-state index is 5.68. The van der Waals surface area contributed by atoms with Crippen molar-refractivity contribution in [1.29, 1.82) is 0 Å². The van der Waals surface area contributed by atoms with Gasteiger partial charge < -0.3 is 11.1 Å². The largest absolute Gasteiger partial charge is 0.373 e. The third kappa shape index (κ3) is 2.92. The Morgan fingerprint density at radius 2 is 1.94 bits per heavy atom. The zero-order valence-corrected chi connectivity index (χ0v) is 11.5. The fraction of sp³-hybridized carbons (Fsp3) is 0.231. The van der Waals surface area contributed by atoms with Gasteiger partial charge >= 0.3 is 0 Å². The Kier molecular flexibility index (Phi) is 3.72. The van der Waals surface area contributed by atoms with E-state index >= 15 is 0 Å². The summed E-state index contributed by atoms with van der Waals surface area (Å²) >= 11 is 1.60.